The molecule has 1 heterocycles. The van der Waals surface area contributed by atoms with Gasteiger partial charge in [-0.25, -0.2) is 0 Å². The second-order valence-corrected chi connectivity index (χ2v) is 5.12. The van der Waals surface area contributed by atoms with Crippen molar-refractivity contribution < 1.29 is 9.90 Å². The lowest BCUT2D eigenvalue weighted by Crippen LogP contribution is -2.27. The number of carbonyl (C=O) groups is 1. The van der Waals surface area contributed by atoms with Crippen LogP contribution in [0.25, 0.3) is 0 Å². The van der Waals surface area contributed by atoms with Gasteiger partial charge >= 0.3 is 5.97 Å². The van der Waals surface area contributed by atoms with Crippen molar-refractivity contribution in [3.05, 3.63) is 59.4 Å². The molecular formula is C17H20N2O2. The van der Waals surface area contributed by atoms with Gasteiger partial charge in [-0.05, 0) is 37.1 Å². The first kappa shape index (κ1) is 15.0. The Kier molecular flexibility index (Phi) is 4.93. The molecule has 2 rings (SSSR count). The number of aliphatic carboxylic acids is 1. The predicted molar refractivity (Wildman–Crippen MR) is 83.5 cm³/mol. The van der Waals surface area contributed by atoms with Crippen LogP contribution in [0.1, 0.15) is 23.2 Å². The molecule has 0 amide bonds. The molecule has 0 fully saturated rings. The minimum Gasteiger partial charge on any atom is -0.481 e. The van der Waals surface area contributed by atoms with Crippen LogP contribution >= 0.6 is 0 Å². The van der Waals surface area contributed by atoms with E-state index in [9.17, 15) is 4.79 Å². The zero-order valence-corrected chi connectivity index (χ0v) is 12.4. The summed E-state index contributed by atoms with van der Waals surface area (Å²) < 4.78 is 0. The summed E-state index contributed by atoms with van der Waals surface area (Å²) in [4.78, 5) is 17.4. The van der Waals surface area contributed by atoms with Crippen LogP contribution in [-0.4, -0.2) is 22.6 Å². The Morgan fingerprint density at radius 1 is 1.14 bits per heavy atom. The molecule has 4 nitrogen and oxygen atoms in total. The van der Waals surface area contributed by atoms with E-state index >= 15 is 0 Å². The van der Waals surface area contributed by atoms with Crippen LogP contribution in [0.15, 0.2) is 42.6 Å². The Morgan fingerprint density at radius 2 is 1.86 bits per heavy atom. The number of benzene rings is 1. The SMILES string of the molecule is Cc1ccccc1N(CCC(=O)O)Cc1ncccc1C. The number of anilines is 1. The Bertz CT molecular complexity index is 626. The Hall–Kier alpha value is -2.36. The summed E-state index contributed by atoms with van der Waals surface area (Å²) in [7, 11) is 0. The van der Waals surface area contributed by atoms with Gasteiger partial charge in [0.15, 0.2) is 0 Å². The molecule has 0 radical (unpaired) electrons. The molecule has 1 aromatic heterocycles. The van der Waals surface area contributed by atoms with Gasteiger partial charge in [-0.1, -0.05) is 24.3 Å². The molecule has 0 aliphatic heterocycles. The molecule has 0 spiro atoms. The second-order valence-electron chi connectivity index (χ2n) is 5.12. The fraction of sp³-hybridized carbons (Fsp3) is 0.294. The first-order valence-electron chi connectivity index (χ1n) is 7.01. The van der Waals surface area contributed by atoms with E-state index in [-0.39, 0.29) is 6.42 Å². The maximum absolute atomic E-state index is 10.9. The third-order valence-corrected chi connectivity index (χ3v) is 3.51. The predicted octanol–water partition coefficient (Wildman–Crippen LogP) is 3.18. The molecule has 1 N–H and O–H groups in total. The van der Waals surface area contributed by atoms with Crippen molar-refractivity contribution in [2.45, 2.75) is 26.8 Å². The molecule has 0 aliphatic carbocycles. The summed E-state index contributed by atoms with van der Waals surface area (Å²) in [5.74, 6) is -0.786. The van der Waals surface area contributed by atoms with Gasteiger partial charge in [0.1, 0.15) is 0 Å². The highest BCUT2D eigenvalue weighted by atomic mass is 16.4. The fourth-order valence-corrected chi connectivity index (χ4v) is 2.30. The van der Waals surface area contributed by atoms with Gasteiger partial charge in [-0.15, -0.1) is 0 Å². The van der Waals surface area contributed by atoms with Crippen LogP contribution in [0, 0.1) is 13.8 Å². The Labute approximate surface area is 125 Å². The van der Waals surface area contributed by atoms with E-state index in [0.717, 1.165) is 22.5 Å². The molecule has 0 unspecified atom stereocenters. The maximum atomic E-state index is 10.9. The zero-order chi connectivity index (χ0) is 15.2. The zero-order valence-electron chi connectivity index (χ0n) is 12.4. The molecule has 1 aromatic carbocycles. The van der Waals surface area contributed by atoms with Crippen molar-refractivity contribution in [3.8, 4) is 0 Å². The number of aromatic nitrogens is 1. The van der Waals surface area contributed by atoms with Crippen molar-refractivity contribution in [1.82, 2.24) is 4.98 Å². The van der Waals surface area contributed by atoms with Crippen LogP contribution < -0.4 is 4.90 Å². The van der Waals surface area contributed by atoms with E-state index in [2.05, 4.69) is 9.88 Å². The number of carboxylic acids is 1. The average molecular weight is 284 g/mol. The van der Waals surface area contributed by atoms with Crippen LogP contribution in [0.5, 0.6) is 0 Å². The van der Waals surface area contributed by atoms with Gasteiger partial charge in [-0.2, -0.15) is 0 Å². The van der Waals surface area contributed by atoms with E-state index in [1.165, 1.54) is 0 Å². The number of nitrogens with zero attached hydrogens (tertiary/aromatic N) is 2. The molecule has 21 heavy (non-hydrogen) atoms. The number of pyridine rings is 1. The van der Waals surface area contributed by atoms with E-state index < -0.39 is 5.97 Å². The van der Waals surface area contributed by atoms with Crippen LogP contribution in [0.3, 0.4) is 0 Å². The van der Waals surface area contributed by atoms with Crippen molar-refractivity contribution in [2.75, 3.05) is 11.4 Å². The summed E-state index contributed by atoms with van der Waals surface area (Å²) in [6.45, 7) is 5.14. The minimum atomic E-state index is -0.786. The number of rotatable bonds is 6. The fourth-order valence-electron chi connectivity index (χ4n) is 2.30. The first-order valence-corrected chi connectivity index (χ1v) is 7.01. The van der Waals surface area contributed by atoms with Gasteiger partial charge in [-0.3, -0.25) is 9.78 Å². The maximum Gasteiger partial charge on any atom is 0.305 e. The van der Waals surface area contributed by atoms with Crippen LogP contribution in [0.4, 0.5) is 5.69 Å². The van der Waals surface area contributed by atoms with Gasteiger partial charge in [0.05, 0.1) is 18.7 Å². The molecule has 0 saturated carbocycles. The van der Waals surface area contributed by atoms with E-state index in [0.29, 0.717) is 13.1 Å². The standard InChI is InChI=1S/C17H20N2O2/c1-13-7-5-10-18-15(13)12-19(11-9-17(20)21)16-8-4-3-6-14(16)2/h3-8,10H,9,11-12H2,1-2H3,(H,20,21). The van der Waals surface area contributed by atoms with E-state index in [1.807, 2.05) is 50.2 Å². The summed E-state index contributed by atoms with van der Waals surface area (Å²) in [5.41, 5.74) is 4.29. The van der Waals surface area contributed by atoms with Crippen LogP contribution in [-0.2, 0) is 11.3 Å². The molecule has 0 bridgehead atoms. The molecule has 4 heteroatoms. The second kappa shape index (κ2) is 6.88. The van der Waals surface area contributed by atoms with Gasteiger partial charge in [0.2, 0.25) is 0 Å². The number of para-hydroxylation sites is 1. The Balaban J connectivity index is 2.26. The van der Waals surface area contributed by atoms with Gasteiger partial charge in [0, 0.05) is 18.4 Å². The Morgan fingerprint density at radius 3 is 2.52 bits per heavy atom. The lowest BCUT2D eigenvalue weighted by Gasteiger charge is -2.26. The molecule has 0 saturated heterocycles. The lowest BCUT2D eigenvalue weighted by atomic mass is 10.1. The van der Waals surface area contributed by atoms with Gasteiger partial charge < -0.3 is 10.0 Å². The van der Waals surface area contributed by atoms with Crippen molar-refractivity contribution in [3.63, 3.8) is 0 Å². The lowest BCUT2D eigenvalue weighted by molar-refractivity contribution is -0.136. The largest absolute Gasteiger partial charge is 0.481 e. The summed E-state index contributed by atoms with van der Waals surface area (Å²) in [5, 5.41) is 8.96. The first-order chi connectivity index (χ1) is 10.1. The van der Waals surface area contributed by atoms with Crippen molar-refractivity contribution in [1.29, 1.82) is 0 Å². The number of hydrogen-bond donors (Lipinski definition) is 1. The normalized spacial score (nSPS) is 10.4. The van der Waals surface area contributed by atoms with E-state index in [1.54, 1.807) is 6.20 Å². The topological polar surface area (TPSA) is 53.4 Å². The minimum absolute atomic E-state index is 0.111. The highest BCUT2D eigenvalue weighted by molar-refractivity contribution is 5.68. The molecular weight excluding hydrogens is 264 g/mol. The quantitative estimate of drug-likeness (QED) is 0.885. The summed E-state index contributed by atoms with van der Waals surface area (Å²) in [6.07, 6.45) is 1.88. The van der Waals surface area contributed by atoms with Crippen molar-refractivity contribution >= 4 is 11.7 Å². The third kappa shape index (κ3) is 4.05. The smallest absolute Gasteiger partial charge is 0.305 e. The molecule has 2 aromatic rings. The highest BCUT2D eigenvalue weighted by Crippen LogP contribution is 2.22. The molecule has 0 atom stereocenters. The monoisotopic (exact) mass is 284 g/mol. The van der Waals surface area contributed by atoms with E-state index in [4.69, 9.17) is 5.11 Å². The number of aryl methyl sites for hydroxylation is 2. The summed E-state index contributed by atoms with van der Waals surface area (Å²) in [6, 6.07) is 12.0. The molecule has 110 valence electrons. The molecule has 0 aliphatic rings. The van der Waals surface area contributed by atoms with Crippen molar-refractivity contribution in [2.24, 2.45) is 0 Å². The number of hydrogen-bond acceptors (Lipinski definition) is 3. The van der Waals surface area contributed by atoms with Gasteiger partial charge in [0.25, 0.3) is 0 Å². The third-order valence-electron chi connectivity index (χ3n) is 3.51. The average Bonchev–Trinajstić information content (AvgIpc) is 2.46. The van der Waals surface area contributed by atoms with Crippen LogP contribution in [0.2, 0.25) is 0 Å². The summed E-state index contributed by atoms with van der Waals surface area (Å²) >= 11 is 0. The highest BCUT2D eigenvalue weighted by Gasteiger charge is 2.13. The number of carboxylic acid groups (broad SMARTS) is 1.